The van der Waals surface area contributed by atoms with Crippen molar-refractivity contribution < 1.29 is 9.21 Å². The summed E-state index contributed by atoms with van der Waals surface area (Å²) >= 11 is 1.41. The van der Waals surface area contributed by atoms with Crippen LogP contribution in [0, 0.1) is 13.8 Å². The zero-order valence-corrected chi connectivity index (χ0v) is 20.4. The Labute approximate surface area is 207 Å². The van der Waals surface area contributed by atoms with Crippen molar-refractivity contribution in [2.24, 2.45) is 0 Å². The van der Waals surface area contributed by atoms with Crippen molar-refractivity contribution in [1.82, 2.24) is 24.3 Å². The van der Waals surface area contributed by atoms with Gasteiger partial charge in [0.15, 0.2) is 16.8 Å². The van der Waals surface area contributed by atoms with Gasteiger partial charge in [-0.05, 0) is 49.7 Å². The maximum Gasteiger partial charge on any atom is 0.192 e. The minimum atomic E-state index is 0.0611. The molecule has 5 aromatic rings. The fourth-order valence-electron chi connectivity index (χ4n) is 4.11. The standard InChI is InChI=1S/C27H25N5O2S/c1-19-14-24(20(2)31(19)17-23-11-7-13-34-23)25(33)18-35-27-30-29-26(22-10-6-12-28-15-22)32(27)16-21-8-4-3-5-9-21/h3-15H,16-18H2,1-2H3. The second-order valence-electron chi connectivity index (χ2n) is 8.28. The Hall–Kier alpha value is -3.91. The molecular formula is C27H25N5O2S. The topological polar surface area (TPSA) is 78.7 Å². The van der Waals surface area contributed by atoms with Crippen molar-refractivity contribution in [3.8, 4) is 11.4 Å². The summed E-state index contributed by atoms with van der Waals surface area (Å²) in [5.74, 6) is 1.92. The minimum absolute atomic E-state index is 0.0611. The summed E-state index contributed by atoms with van der Waals surface area (Å²) in [6.07, 6.45) is 5.18. The van der Waals surface area contributed by atoms with Crippen LogP contribution in [0.2, 0.25) is 0 Å². The van der Waals surface area contributed by atoms with Crippen LogP contribution < -0.4 is 0 Å². The van der Waals surface area contributed by atoms with Crippen LogP contribution in [0.5, 0.6) is 0 Å². The minimum Gasteiger partial charge on any atom is -0.467 e. The lowest BCUT2D eigenvalue weighted by Gasteiger charge is -2.10. The molecule has 0 aliphatic carbocycles. The van der Waals surface area contributed by atoms with E-state index in [9.17, 15) is 4.79 Å². The first-order valence-corrected chi connectivity index (χ1v) is 12.3. The zero-order chi connectivity index (χ0) is 24.2. The van der Waals surface area contributed by atoms with E-state index in [2.05, 4.69) is 31.9 Å². The number of Topliss-reactive ketones (excluding diaryl/α,β-unsaturated/α-hetero) is 1. The monoisotopic (exact) mass is 483 g/mol. The Morgan fingerprint density at radius 1 is 0.971 bits per heavy atom. The van der Waals surface area contributed by atoms with Gasteiger partial charge in [0.1, 0.15) is 5.76 Å². The molecule has 4 heterocycles. The van der Waals surface area contributed by atoms with Gasteiger partial charge in [-0.2, -0.15) is 0 Å². The van der Waals surface area contributed by atoms with Crippen molar-refractivity contribution in [3.05, 3.63) is 108 Å². The molecule has 8 heteroatoms. The van der Waals surface area contributed by atoms with Crippen molar-refractivity contribution >= 4 is 17.5 Å². The molecule has 0 bridgehead atoms. The first-order valence-electron chi connectivity index (χ1n) is 11.3. The maximum absolute atomic E-state index is 13.2. The highest BCUT2D eigenvalue weighted by atomic mass is 32.2. The van der Waals surface area contributed by atoms with E-state index < -0.39 is 0 Å². The number of thioether (sulfide) groups is 1. The number of pyridine rings is 1. The van der Waals surface area contributed by atoms with Crippen LogP contribution in [0.25, 0.3) is 11.4 Å². The van der Waals surface area contributed by atoms with Gasteiger partial charge in [0.2, 0.25) is 0 Å². The number of benzene rings is 1. The number of ketones is 1. The molecule has 5 rings (SSSR count). The molecule has 0 saturated heterocycles. The molecule has 0 amide bonds. The smallest absolute Gasteiger partial charge is 0.192 e. The molecule has 1 aromatic carbocycles. The van der Waals surface area contributed by atoms with Crippen molar-refractivity contribution in [2.75, 3.05) is 5.75 Å². The predicted octanol–water partition coefficient (Wildman–Crippen LogP) is 5.42. The van der Waals surface area contributed by atoms with Crippen LogP contribution in [0.4, 0.5) is 0 Å². The number of aryl methyl sites for hydroxylation is 1. The van der Waals surface area contributed by atoms with Crippen LogP contribution >= 0.6 is 11.8 Å². The van der Waals surface area contributed by atoms with Crippen LogP contribution in [0.1, 0.15) is 33.1 Å². The van der Waals surface area contributed by atoms with Gasteiger partial charge in [-0.15, -0.1) is 10.2 Å². The third-order valence-electron chi connectivity index (χ3n) is 5.92. The molecule has 0 unspecified atom stereocenters. The average Bonchev–Trinajstić information content (AvgIpc) is 3.61. The summed E-state index contributed by atoms with van der Waals surface area (Å²) in [4.78, 5) is 17.5. The summed E-state index contributed by atoms with van der Waals surface area (Å²) in [6, 6.07) is 19.8. The van der Waals surface area contributed by atoms with E-state index in [-0.39, 0.29) is 11.5 Å². The Balaban J connectivity index is 1.38. The molecule has 35 heavy (non-hydrogen) atoms. The highest BCUT2D eigenvalue weighted by Gasteiger charge is 2.20. The molecule has 0 atom stereocenters. The highest BCUT2D eigenvalue weighted by molar-refractivity contribution is 7.99. The van der Waals surface area contributed by atoms with Gasteiger partial charge in [-0.3, -0.25) is 14.3 Å². The number of aromatic nitrogens is 5. The van der Waals surface area contributed by atoms with Crippen LogP contribution in [0.3, 0.4) is 0 Å². The van der Waals surface area contributed by atoms with Gasteiger partial charge in [0, 0.05) is 34.9 Å². The van der Waals surface area contributed by atoms with Gasteiger partial charge in [-0.25, -0.2) is 0 Å². The molecule has 0 radical (unpaired) electrons. The second kappa shape index (κ2) is 10.1. The summed E-state index contributed by atoms with van der Waals surface area (Å²) in [6.45, 7) is 5.19. The van der Waals surface area contributed by atoms with E-state index in [0.717, 1.165) is 39.7 Å². The first kappa shape index (κ1) is 22.9. The molecule has 0 aliphatic rings. The molecule has 0 saturated carbocycles. The quantitative estimate of drug-likeness (QED) is 0.206. The number of hydrogen-bond donors (Lipinski definition) is 0. The number of hydrogen-bond acceptors (Lipinski definition) is 6. The van der Waals surface area contributed by atoms with Gasteiger partial charge in [-0.1, -0.05) is 42.1 Å². The van der Waals surface area contributed by atoms with Gasteiger partial charge in [0.05, 0.1) is 25.1 Å². The van der Waals surface area contributed by atoms with Gasteiger partial charge >= 0.3 is 0 Å². The lowest BCUT2D eigenvalue weighted by Crippen LogP contribution is -2.09. The summed E-state index contributed by atoms with van der Waals surface area (Å²) in [5, 5.41) is 9.56. The number of rotatable bonds is 9. The molecule has 0 spiro atoms. The first-order chi connectivity index (χ1) is 17.1. The van der Waals surface area contributed by atoms with Crippen LogP contribution in [0.15, 0.2) is 88.9 Å². The number of furan rings is 1. The second-order valence-corrected chi connectivity index (χ2v) is 9.22. The van der Waals surface area contributed by atoms with E-state index in [1.54, 1.807) is 18.7 Å². The lowest BCUT2D eigenvalue weighted by molar-refractivity contribution is 0.102. The molecule has 0 aliphatic heterocycles. The van der Waals surface area contributed by atoms with Crippen molar-refractivity contribution in [3.63, 3.8) is 0 Å². The van der Waals surface area contributed by atoms with E-state index in [0.29, 0.717) is 18.2 Å². The fraction of sp³-hybridized carbons (Fsp3) is 0.185. The molecule has 0 fully saturated rings. The van der Waals surface area contributed by atoms with E-state index in [1.807, 2.05) is 66.9 Å². The van der Waals surface area contributed by atoms with Crippen molar-refractivity contribution in [2.45, 2.75) is 32.1 Å². The van der Waals surface area contributed by atoms with Gasteiger partial charge < -0.3 is 8.98 Å². The fourth-order valence-corrected chi connectivity index (χ4v) is 4.93. The van der Waals surface area contributed by atoms with E-state index in [4.69, 9.17) is 4.42 Å². The zero-order valence-electron chi connectivity index (χ0n) is 19.6. The summed E-state index contributed by atoms with van der Waals surface area (Å²) in [5.41, 5.74) is 4.70. The molecule has 176 valence electrons. The summed E-state index contributed by atoms with van der Waals surface area (Å²) in [7, 11) is 0. The number of carbonyl (C=O) groups is 1. The maximum atomic E-state index is 13.2. The Morgan fingerprint density at radius 3 is 2.57 bits per heavy atom. The lowest BCUT2D eigenvalue weighted by atomic mass is 10.2. The highest BCUT2D eigenvalue weighted by Crippen LogP contribution is 2.26. The van der Waals surface area contributed by atoms with Gasteiger partial charge in [0.25, 0.3) is 0 Å². The number of carbonyl (C=O) groups excluding carboxylic acids is 1. The summed E-state index contributed by atoms with van der Waals surface area (Å²) < 4.78 is 9.64. The van der Waals surface area contributed by atoms with E-state index >= 15 is 0 Å². The number of nitrogens with zero attached hydrogens (tertiary/aromatic N) is 5. The molecule has 7 nitrogen and oxygen atoms in total. The van der Waals surface area contributed by atoms with Crippen molar-refractivity contribution in [1.29, 1.82) is 0 Å². The Bertz CT molecular complexity index is 1420. The predicted molar refractivity (Wildman–Crippen MR) is 136 cm³/mol. The SMILES string of the molecule is Cc1cc(C(=O)CSc2nnc(-c3cccnc3)n2Cc2ccccc2)c(C)n1Cc1ccco1. The third kappa shape index (κ3) is 4.97. The largest absolute Gasteiger partial charge is 0.467 e. The third-order valence-corrected chi connectivity index (χ3v) is 6.89. The Kier molecular flexibility index (Phi) is 6.63. The normalized spacial score (nSPS) is 11.1. The molecule has 4 aromatic heterocycles. The Morgan fingerprint density at radius 2 is 1.83 bits per heavy atom. The molecule has 0 N–H and O–H groups in total. The molecular weight excluding hydrogens is 458 g/mol. The van der Waals surface area contributed by atoms with Crippen LogP contribution in [-0.4, -0.2) is 35.9 Å². The van der Waals surface area contributed by atoms with E-state index in [1.165, 1.54) is 11.8 Å². The van der Waals surface area contributed by atoms with Crippen LogP contribution in [-0.2, 0) is 13.1 Å². The average molecular weight is 484 g/mol.